The molecule has 8 aliphatic rings. The molecule has 55 heavy (non-hydrogen) atoms. The Balaban J connectivity index is 1.15. The maximum absolute atomic E-state index is 12.2. The molecule has 3 heterocycles. The SMILES string of the molecule is CC(C)(O)[C@H]1CC[C@@](C)([C@@H]2[C@H](O)C[C@]3(C)[C@H]4C[C@@H](O[C@H]5O[C@@H](CO)[C@H](O)[C@@H](O)[C@H]5O)[C@@H]5C(C)(C)[C@H](O[C@H]6OC[C@H](O)[C@@H](O)[C@@H]6O)CC[C@]56C[C@]46CC[C@@]23C)O1. The molecule has 8 fully saturated rings. The summed E-state index contributed by atoms with van der Waals surface area (Å²) in [6.07, 6.45) is -7.48. The Kier molecular flexibility index (Phi) is 9.90. The molecule has 0 bridgehead atoms. The third-order valence-electron chi connectivity index (χ3n) is 17.6. The topological polar surface area (TPSA) is 228 Å². The third-order valence-corrected chi connectivity index (χ3v) is 17.6. The predicted octanol–water partition coefficient (Wildman–Crippen LogP) is 0.724. The molecule has 2 spiro atoms. The van der Waals surface area contributed by atoms with Gasteiger partial charge in [-0.1, -0.05) is 27.7 Å². The van der Waals surface area contributed by atoms with Gasteiger partial charge in [-0.2, -0.15) is 0 Å². The average Bonchev–Trinajstić information content (AvgIpc) is 3.47. The first kappa shape index (κ1) is 41.2. The summed E-state index contributed by atoms with van der Waals surface area (Å²) < 4.78 is 31.9. The molecule has 3 aliphatic heterocycles. The molecule has 8 rings (SSSR count). The van der Waals surface area contributed by atoms with Gasteiger partial charge in [0.25, 0.3) is 0 Å². The molecule has 0 aromatic rings. The normalized spacial score (nSPS) is 58.7. The Morgan fingerprint density at radius 1 is 0.709 bits per heavy atom. The molecule has 0 aromatic carbocycles. The van der Waals surface area contributed by atoms with E-state index in [1.54, 1.807) is 13.8 Å². The minimum atomic E-state index is -1.60. The van der Waals surface area contributed by atoms with Gasteiger partial charge in [0.1, 0.15) is 42.7 Å². The van der Waals surface area contributed by atoms with Crippen LogP contribution in [0.1, 0.15) is 106 Å². The van der Waals surface area contributed by atoms with Gasteiger partial charge in [0.15, 0.2) is 12.6 Å². The van der Waals surface area contributed by atoms with Gasteiger partial charge in [-0.25, -0.2) is 0 Å². The summed E-state index contributed by atoms with van der Waals surface area (Å²) >= 11 is 0. The fourth-order valence-corrected chi connectivity index (χ4v) is 14.9. The van der Waals surface area contributed by atoms with Crippen LogP contribution in [0.15, 0.2) is 0 Å². The monoisotopic (exact) mass is 784 g/mol. The summed E-state index contributed by atoms with van der Waals surface area (Å²) in [7, 11) is 0. The zero-order valence-corrected chi connectivity index (χ0v) is 33.6. The first-order valence-corrected chi connectivity index (χ1v) is 20.9. The number of aliphatic hydroxyl groups excluding tert-OH is 8. The molecule has 5 aliphatic carbocycles. The van der Waals surface area contributed by atoms with Crippen molar-refractivity contribution in [2.24, 2.45) is 44.8 Å². The molecule has 9 N–H and O–H groups in total. The predicted molar refractivity (Wildman–Crippen MR) is 194 cm³/mol. The van der Waals surface area contributed by atoms with Gasteiger partial charge in [-0.3, -0.25) is 0 Å². The molecule has 316 valence electrons. The summed E-state index contributed by atoms with van der Waals surface area (Å²) in [5, 5.41) is 97.2. The van der Waals surface area contributed by atoms with Crippen LogP contribution in [0.4, 0.5) is 0 Å². The van der Waals surface area contributed by atoms with E-state index in [9.17, 15) is 46.0 Å². The summed E-state index contributed by atoms with van der Waals surface area (Å²) in [5.74, 6) is -0.215. The van der Waals surface area contributed by atoms with Crippen molar-refractivity contribution >= 4 is 0 Å². The maximum atomic E-state index is 12.2. The van der Waals surface area contributed by atoms with Gasteiger partial charge in [0.05, 0.1) is 48.8 Å². The van der Waals surface area contributed by atoms with E-state index in [1.807, 2.05) is 0 Å². The Morgan fingerprint density at radius 2 is 1.40 bits per heavy atom. The fourth-order valence-electron chi connectivity index (χ4n) is 14.9. The average molecular weight is 785 g/mol. The zero-order chi connectivity index (χ0) is 40.1. The summed E-state index contributed by atoms with van der Waals surface area (Å²) in [6.45, 7) is 13.8. The minimum absolute atomic E-state index is 0.0633. The second kappa shape index (κ2) is 13.2. The van der Waals surface area contributed by atoms with E-state index in [4.69, 9.17) is 23.7 Å². The van der Waals surface area contributed by atoms with Gasteiger partial charge < -0.3 is 69.6 Å². The van der Waals surface area contributed by atoms with E-state index in [0.29, 0.717) is 25.7 Å². The second-order valence-electron chi connectivity index (χ2n) is 21.1. The van der Waals surface area contributed by atoms with Crippen LogP contribution in [0.25, 0.3) is 0 Å². The van der Waals surface area contributed by atoms with Crippen molar-refractivity contribution in [3.05, 3.63) is 0 Å². The lowest BCUT2D eigenvalue weighted by Crippen LogP contribution is -2.65. The highest BCUT2D eigenvalue weighted by Crippen LogP contribution is 2.89. The van der Waals surface area contributed by atoms with E-state index in [-0.39, 0.29) is 52.1 Å². The lowest BCUT2D eigenvalue weighted by Gasteiger charge is -2.65. The van der Waals surface area contributed by atoms with Gasteiger partial charge in [0.2, 0.25) is 0 Å². The molecular weight excluding hydrogens is 716 g/mol. The molecule has 14 heteroatoms. The molecule has 3 saturated heterocycles. The summed E-state index contributed by atoms with van der Waals surface area (Å²) in [6, 6.07) is 0. The van der Waals surface area contributed by atoms with Gasteiger partial charge in [-0.05, 0) is 117 Å². The van der Waals surface area contributed by atoms with Crippen LogP contribution >= 0.6 is 0 Å². The molecule has 0 radical (unpaired) electrons. The van der Waals surface area contributed by atoms with E-state index in [1.165, 1.54) is 0 Å². The van der Waals surface area contributed by atoms with Crippen LogP contribution in [0.5, 0.6) is 0 Å². The van der Waals surface area contributed by atoms with E-state index in [2.05, 4.69) is 34.6 Å². The van der Waals surface area contributed by atoms with Crippen molar-refractivity contribution in [3.63, 3.8) is 0 Å². The van der Waals surface area contributed by atoms with Crippen molar-refractivity contribution < 1.29 is 69.6 Å². The highest BCUT2D eigenvalue weighted by atomic mass is 16.7. The van der Waals surface area contributed by atoms with Crippen LogP contribution in [-0.4, -0.2) is 150 Å². The molecule has 0 amide bonds. The number of hydrogen-bond acceptors (Lipinski definition) is 14. The second-order valence-corrected chi connectivity index (χ2v) is 21.1. The number of ether oxygens (including phenoxy) is 5. The van der Waals surface area contributed by atoms with Crippen molar-refractivity contribution in [2.75, 3.05) is 13.2 Å². The Bertz CT molecular complexity index is 1460. The van der Waals surface area contributed by atoms with Gasteiger partial charge >= 0.3 is 0 Å². The van der Waals surface area contributed by atoms with E-state index < -0.39 is 96.8 Å². The molecule has 21 atom stereocenters. The van der Waals surface area contributed by atoms with Crippen LogP contribution < -0.4 is 0 Å². The minimum Gasteiger partial charge on any atom is -0.394 e. The largest absolute Gasteiger partial charge is 0.394 e. The lowest BCUT2D eigenvalue weighted by atomic mass is 9.41. The fraction of sp³-hybridized carbons (Fsp3) is 1.00. The Morgan fingerprint density at radius 3 is 2.05 bits per heavy atom. The van der Waals surface area contributed by atoms with Gasteiger partial charge in [-0.15, -0.1) is 0 Å². The van der Waals surface area contributed by atoms with E-state index >= 15 is 0 Å². The number of rotatable bonds is 7. The summed E-state index contributed by atoms with van der Waals surface area (Å²) in [5.41, 5.74) is -3.16. The number of aliphatic hydroxyl groups is 9. The van der Waals surface area contributed by atoms with Crippen LogP contribution in [0.2, 0.25) is 0 Å². The number of hydrogen-bond donors (Lipinski definition) is 9. The van der Waals surface area contributed by atoms with Crippen molar-refractivity contribution in [3.8, 4) is 0 Å². The van der Waals surface area contributed by atoms with Crippen molar-refractivity contribution in [1.82, 2.24) is 0 Å². The zero-order valence-electron chi connectivity index (χ0n) is 33.6. The molecule has 0 unspecified atom stereocenters. The maximum Gasteiger partial charge on any atom is 0.186 e. The lowest BCUT2D eigenvalue weighted by molar-refractivity contribution is -0.339. The third kappa shape index (κ3) is 5.70. The number of fused-ring (bicyclic) bond motifs is 2. The first-order chi connectivity index (χ1) is 25.5. The molecule has 5 saturated carbocycles. The highest BCUT2D eigenvalue weighted by Gasteiger charge is 2.85. The first-order valence-electron chi connectivity index (χ1n) is 20.9. The molecule has 14 nitrogen and oxygen atoms in total. The highest BCUT2D eigenvalue weighted by molar-refractivity contribution is 5.33. The standard InChI is InChI=1S/C41H68O14/c1-35(2)24(54-33-29(48)26(45)20(44)17-51-33)9-11-41-18-40(41)13-12-37(5)31(39(7)10-8-25(55-39)36(3,4)50)19(43)15-38(37,6)23(40)14-21(32(35)41)52-34-30(49)28(47)27(46)22(16-42)53-34/h19-34,42-50H,8-18H2,1-7H3/t19-,20+,21-,22+,23-,24-,25-,26-,27+,28-,29+,30-,31-,32-,33-,34+,37+,38-,39+,40-,41+/m1/s1. The van der Waals surface area contributed by atoms with Gasteiger partial charge in [0, 0.05) is 5.92 Å². The Hall–Kier alpha value is -0.560. The molecule has 0 aromatic heterocycles. The Labute approximate surface area is 324 Å². The molecular formula is C41H68O14. The quantitative estimate of drug-likeness (QED) is 0.162. The van der Waals surface area contributed by atoms with Crippen LogP contribution in [0.3, 0.4) is 0 Å². The summed E-state index contributed by atoms with van der Waals surface area (Å²) in [4.78, 5) is 0. The van der Waals surface area contributed by atoms with Crippen LogP contribution in [-0.2, 0) is 23.7 Å². The van der Waals surface area contributed by atoms with E-state index in [0.717, 1.165) is 32.1 Å². The smallest absolute Gasteiger partial charge is 0.186 e. The van der Waals surface area contributed by atoms with Crippen LogP contribution in [0, 0.1) is 44.8 Å². The van der Waals surface area contributed by atoms with Crippen molar-refractivity contribution in [1.29, 1.82) is 0 Å². The van der Waals surface area contributed by atoms with Crippen molar-refractivity contribution in [2.45, 2.75) is 197 Å².